The molecule has 0 aliphatic carbocycles. The molecular formula is C14H18N2O3. The van der Waals surface area contributed by atoms with E-state index in [4.69, 9.17) is 5.11 Å². The monoisotopic (exact) mass is 262 g/mol. The number of aliphatic hydroxyl groups excluding tert-OH is 1. The second-order valence-electron chi connectivity index (χ2n) is 4.69. The predicted molar refractivity (Wildman–Crippen MR) is 71.8 cm³/mol. The van der Waals surface area contributed by atoms with Crippen LogP contribution in [0.3, 0.4) is 0 Å². The van der Waals surface area contributed by atoms with E-state index in [1.165, 1.54) is 0 Å². The van der Waals surface area contributed by atoms with E-state index in [0.29, 0.717) is 13.0 Å². The van der Waals surface area contributed by atoms with E-state index < -0.39 is 11.8 Å². The molecule has 0 bridgehead atoms. The van der Waals surface area contributed by atoms with Crippen LogP contribution in [0.1, 0.15) is 18.9 Å². The molecule has 1 aliphatic heterocycles. The summed E-state index contributed by atoms with van der Waals surface area (Å²) in [4.78, 5) is 25.5. The van der Waals surface area contributed by atoms with Crippen LogP contribution in [0.4, 0.5) is 5.69 Å². The van der Waals surface area contributed by atoms with Crippen molar-refractivity contribution in [2.45, 2.75) is 25.8 Å². The molecule has 102 valence electrons. The minimum absolute atomic E-state index is 0.00256. The van der Waals surface area contributed by atoms with Gasteiger partial charge in [0, 0.05) is 24.9 Å². The average Bonchev–Trinajstić information content (AvgIpc) is 2.74. The van der Waals surface area contributed by atoms with Gasteiger partial charge in [0.15, 0.2) is 0 Å². The summed E-state index contributed by atoms with van der Waals surface area (Å²) in [6.45, 7) is 2.24. The first-order chi connectivity index (χ1) is 9.15. The predicted octanol–water partition coefficient (Wildman–Crippen LogP) is 0.463. The largest absolute Gasteiger partial charge is 0.396 e. The number of fused-ring (bicyclic) bond motifs is 1. The molecule has 2 rings (SSSR count). The highest BCUT2D eigenvalue weighted by atomic mass is 16.3. The Morgan fingerprint density at radius 1 is 1.42 bits per heavy atom. The van der Waals surface area contributed by atoms with Crippen LogP contribution in [0, 0.1) is 0 Å². The highest BCUT2D eigenvalue weighted by molar-refractivity contribution is 6.40. The zero-order valence-corrected chi connectivity index (χ0v) is 10.9. The lowest BCUT2D eigenvalue weighted by atomic mass is 10.1. The van der Waals surface area contributed by atoms with Crippen molar-refractivity contribution in [3.05, 3.63) is 29.8 Å². The number of carbonyl (C=O) groups is 2. The molecule has 2 N–H and O–H groups in total. The van der Waals surface area contributed by atoms with E-state index in [0.717, 1.165) is 17.7 Å². The average molecular weight is 262 g/mol. The van der Waals surface area contributed by atoms with Crippen molar-refractivity contribution in [3.63, 3.8) is 0 Å². The van der Waals surface area contributed by atoms with Gasteiger partial charge in [-0.1, -0.05) is 18.2 Å². The first-order valence-corrected chi connectivity index (χ1v) is 6.45. The van der Waals surface area contributed by atoms with Crippen molar-refractivity contribution in [1.29, 1.82) is 0 Å². The molecule has 1 aromatic rings. The molecule has 1 unspecified atom stereocenters. The van der Waals surface area contributed by atoms with Gasteiger partial charge in [-0.3, -0.25) is 9.59 Å². The van der Waals surface area contributed by atoms with Crippen LogP contribution in [0.2, 0.25) is 0 Å². The quantitative estimate of drug-likeness (QED) is 0.614. The smallest absolute Gasteiger partial charge is 0.316 e. The van der Waals surface area contributed by atoms with Crippen molar-refractivity contribution in [2.75, 3.05) is 18.1 Å². The molecule has 0 aromatic heterocycles. The first kappa shape index (κ1) is 13.5. The fraction of sp³-hybridized carbons (Fsp3) is 0.429. The summed E-state index contributed by atoms with van der Waals surface area (Å²) >= 11 is 0. The van der Waals surface area contributed by atoms with Gasteiger partial charge in [-0.05, 0) is 31.4 Å². The topological polar surface area (TPSA) is 69.6 Å². The molecule has 1 heterocycles. The molecule has 0 radical (unpaired) electrons. The number of benzene rings is 1. The van der Waals surface area contributed by atoms with Crippen LogP contribution in [0.25, 0.3) is 0 Å². The maximum Gasteiger partial charge on any atom is 0.316 e. The molecule has 0 saturated heterocycles. The Labute approximate surface area is 112 Å². The van der Waals surface area contributed by atoms with Crippen LogP contribution >= 0.6 is 0 Å². The highest BCUT2D eigenvalue weighted by Crippen LogP contribution is 2.31. The summed E-state index contributed by atoms with van der Waals surface area (Å²) < 4.78 is 0. The Kier molecular flexibility index (Phi) is 4.16. The van der Waals surface area contributed by atoms with Crippen LogP contribution in [0.15, 0.2) is 24.3 Å². The zero-order chi connectivity index (χ0) is 13.8. The van der Waals surface area contributed by atoms with Crippen LogP contribution < -0.4 is 10.2 Å². The molecule has 5 heteroatoms. The standard InChI is InChI=1S/C14H18N2O3/c1-10-9-11-5-2-3-6-12(11)16(10)14(19)13(18)15-7-4-8-17/h2-3,5-6,10,17H,4,7-9H2,1H3,(H,15,18). The lowest BCUT2D eigenvalue weighted by molar-refractivity contribution is -0.137. The number of nitrogens with zero attached hydrogens (tertiary/aromatic N) is 1. The maximum absolute atomic E-state index is 12.2. The van der Waals surface area contributed by atoms with Gasteiger partial charge in [0.1, 0.15) is 0 Å². The summed E-state index contributed by atoms with van der Waals surface area (Å²) in [7, 11) is 0. The van der Waals surface area contributed by atoms with Gasteiger partial charge in [-0.25, -0.2) is 0 Å². The third kappa shape index (κ3) is 2.76. The number of aliphatic hydroxyl groups is 1. The van der Waals surface area contributed by atoms with E-state index in [-0.39, 0.29) is 12.6 Å². The van der Waals surface area contributed by atoms with Gasteiger partial charge in [0.05, 0.1) is 0 Å². The van der Waals surface area contributed by atoms with E-state index in [1.807, 2.05) is 31.2 Å². The van der Waals surface area contributed by atoms with Crippen LogP contribution in [-0.4, -0.2) is 36.1 Å². The van der Waals surface area contributed by atoms with Crippen molar-refractivity contribution in [3.8, 4) is 0 Å². The van der Waals surface area contributed by atoms with Crippen molar-refractivity contribution in [2.24, 2.45) is 0 Å². The summed E-state index contributed by atoms with van der Waals surface area (Å²) in [6.07, 6.45) is 1.22. The molecule has 0 fully saturated rings. The number of hydrogen-bond donors (Lipinski definition) is 2. The second-order valence-corrected chi connectivity index (χ2v) is 4.69. The molecule has 0 saturated carbocycles. The summed E-state index contributed by atoms with van der Waals surface area (Å²) in [6, 6.07) is 7.62. The second kappa shape index (κ2) is 5.84. The Hall–Kier alpha value is -1.88. The van der Waals surface area contributed by atoms with Gasteiger partial charge in [0.2, 0.25) is 0 Å². The van der Waals surface area contributed by atoms with E-state index >= 15 is 0 Å². The molecule has 2 amide bonds. The number of anilines is 1. The first-order valence-electron chi connectivity index (χ1n) is 6.45. The van der Waals surface area contributed by atoms with E-state index in [1.54, 1.807) is 4.90 Å². The van der Waals surface area contributed by atoms with Crippen LogP contribution in [0.5, 0.6) is 0 Å². The summed E-state index contributed by atoms with van der Waals surface area (Å²) in [5.74, 6) is -1.15. The molecule has 1 aromatic carbocycles. The Balaban J connectivity index is 2.09. The number of nitrogens with one attached hydrogen (secondary N) is 1. The van der Waals surface area contributed by atoms with Crippen molar-refractivity contribution < 1.29 is 14.7 Å². The van der Waals surface area contributed by atoms with Gasteiger partial charge < -0.3 is 15.3 Å². The molecule has 5 nitrogen and oxygen atoms in total. The Morgan fingerprint density at radius 3 is 2.89 bits per heavy atom. The molecular weight excluding hydrogens is 244 g/mol. The maximum atomic E-state index is 12.2. The Morgan fingerprint density at radius 2 is 2.16 bits per heavy atom. The van der Waals surface area contributed by atoms with Gasteiger partial charge in [-0.15, -0.1) is 0 Å². The zero-order valence-electron chi connectivity index (χ0n) is 10.9. The fourth-order valence-corrected chi connectivity index (χ4v) is 2.34. The van der Waals surface area contributed by atoms with Gasteiger partial charge in [0.25, 0.3) is 0 Å². The van der Waals surface area contributed by atoms with E-state index in [9.17, 15) is 9.59 Å². The Bertz CT molecular complexity index is 487. The normalized spacial score (nSPS) is 17.2. The SMILES string of the molecule is CC1Cc2ccccc2N1C(=O)C(=O)NCCCO. The van der Waals surface area contributed by atoms with Gasteiger partial charge in [-0.2, -0.15) is 0 Å². The fourth-order valence-electron chi connectivity index (χ4n) is 2.34. The third-order valence-electron chi connectivity index (χ3n) is 3.24. The highest BCUT2D eigenvalue weighted by Gasteiger charge is 2.33. The molecule has 0 spiro atoms. The number of hydrogen-bond acceptors (Lipinski definition) is 3. The van der Waals surface area contributed by atoms with Crippen LogP contribution in [-0.2, 0) is 16.0 Å². The van der Waals surface area contributed by atoms with Crippen molar-refractivity contribution >= 4 is 17.5 Å². The minimum atomic E-state index is -0.614. The number of carbonyl (C=O) groups excluding carboxylic acids is 2. The minimum Gasteiger partial charge on any atom is -0.396 e. The summed E-state index contributed by atoms with van der Waals surface area (Å²) in [5, 5.41) is 11.2. The molecule has 1 aliphatic rings. The van der Waals surface area contributed by atoms with Crippen molar-refractivity contribution in [1.82, 2.24) is 5.32 Å². The molecule has 19 heavy (non-hydrogen) atoms. The molecule has 1 atom stereocenters. The van der Waals surface area contributed by atoms with Gasteiger partial charge >= 0.3 is 11.8 Å². The summed E-state index contributed by atoms with van der Waals surface area (Å²) in [5.41, 5.74) is 1.91. The number of amides is 2. The van der Waals surface area contributed by atoms with E-state index in [2.05, 4.69) is 5.32 Å². The lowest BCUT2D eigenvalue weighted by Gasteiger charge is -2.21. The number of para-hydroxylation sites is 1. The lowest BCUT2D eigenvalue weighted by Crippen LogP contribution is -2.46. The number of rotatable bonds is 3. The third-order valence-corrected chi connectivity index (χ3v) is 3.24.